The lowest BCUT2D eigenvalue weighted by Gasteiger charge is -2.38. The van der Waals surface area contributed by atoms with Crippen molar-refractivity contribution in [1.29, 1.82) is 0 Å². The van der Waals surface area contributed by atoms with Crippen LogP contribution in [0.2, 0.25) is 0 Å². The van der Waals surface area contributed by atoms with Crippen LogP contribution in [0.25, 0.3) is 11.4 Å². The summed E-state index contributed by atoms with van der Waals surface area (Å²) in [6.07, 6.45) is 2.27. The third-order valence-electron chi connectivity index (χ3n) is 6.56. The molecule has 2 heteroatoms. The normalized spacial score (nSPS) is 14.6. The second kappa shape index (κ2) is 10.0. The van der Waals surface area contributed by atoms with E-state index in [9.17, 15) is 0 Å². The second-order valence-corrected chi connectivity index (χ2v) is 9.11. The summed E-state index contributed by atoms with van der Waals surface area (Å²) in [4.78, 5) is 5.05. The van der Waals surface area contributed by atoms with Crippen molar-refractivity contribution in [3.8, 4) is 0 Å². The first-order valence-electron chi connectivity index (χ1n) is 12.2. The maximum absolute atomic E-state index is 2.52. The van der Waals surface area contributed by atoms with Crippen LogP contribution >= 0.6 is 0 Å². The molecule has 1 heterocycles. The fourth-order valence-electron chi connectivity index (χ4n) is 4.76. The molecule has 0 amide bonds. The van der Waals surface area contributed by atoms with Gasteiger partial charge in [-0.2, -0.15) is 0 Å². The molecule has 0 fully saturated rings. The van der Waals surface area contributed by atoms with Gasteiger partial charge in [-0.05, 0) is 51.0 Å². The van der Waals surface area contributed by atoms with Crippen LogP contribution in [0.1, 0.15) is 35.1 Å². The Hall–Kier alpha value is -3.78. The molecule has 4 aromatic rings. The van der Waals surface area contributed by atoms with Crippen molar-refractivity contribution < 1.29 is 0 Å². The molecule has 0 aromatic heterocycles. The fourth-order valence-corrected chi connectivity index (χ4v) is 4.76. The summed E-state index contributed by atoms with van der Waals surface area (Å²) in [5, 5.41) is 0. The van der Waals surface area contributed by atoms with Crippen molar-refractivity contribution in [2.75, 3.05) is 22.9 Å². The smallest absolute Gasteiger partial charge is 0.0731 e. The molecule has 0 aliphatic carbocycles. The van der Waals surface area contributed by atoms with Crippen molar-refractivity contribution in [1.82, 2.24) is 0 Å². The van der Waals surface area contributed by atoms with Gasteiger partial charge in [0, 0.05) is 35.6 Å². The summed E-state index contributed by atoms with van der Waals surface area (Å²) >= 11 is 0. The summed E-state index contributed by atoms with van der Waals surface area (Å²) in [5.74, 6) is 0. The second-order valence-electron chi connectivity index (χ2n) is 9.11. The Labute approximate surface area is 203 Å². The minimum absolute atomic E-state index is 0.991. The van der Waals surface area contributed by atoms with Crippen LogP contribution in [0.15, 0.2) is 109 Å². The highest BCUT2D eigenvalue weighted by molar-refractivity contribution is 6.02. The molecule has 4 aromatic carbocycles. The monoisotopic (exact) mass is 444 g/mol. The topological polar surface area (TPSA) is 6.48 Å². The van der Waals surface area contributed by atoms with E-state index in [-0.39, 0.29) is 0 Å². The molecule has 1 aliphatic heterocycles. The molecule has 0 saturated carbocycles. The Bertz CT molecular complexity index is 1140. The van der Waals surface area contributed by atoms with Crippen LogP contribution in [0, 0.1) is 13.8 Å². The number of hydrogen-bond donors (Lipinski definition) is 0. The molecule has 0 radical (unpaired) electrons. The van der Waals surface area contributed by atoms with E-state index in [2.05, 4.69) is 133 Å². The zero-order valence-corrected chi connectivity index (χ0v) is 20.1. The molecular weight excluding hydrogens is 412 g/mol. The number of para-hydroxylation sites is 2. The van der Waals surface area contributed by atoms with Crippen LogP contribution in [-0.2, 0) is 0 Å². The van der Waals surface area contributed by atoms with Gasteiger partial charge in [-0.3, -0.25) is 0 Å². The van der Waals surface area contributed by atoms with Crippen LogP contribution in [0.4, 0.5) is 11.4 Å². The quantitative estimate of drug-likeness (QED) is 0.315. The molecule has 0 bridgehead atoms. The van der Waals surface area contributed by atoms with E-state index in [1.165, 1.54) is 45.0 Å². The summed E-state index contributed by atoms with van der Waals surface area (Å²) in [6.45, 7) is 6.29. The summed E-state index contributed by atoms with van der Waals surface area (Å²) in [7, 11) is 0. The minimum atomic E-state index is 0.991. The summed E-state index contributed by atoms with van der Waals surface area (Å²) in [6, 6.07) is 39.7. The number of aryl methyl sites for hydroxylation is 2. The number of rotatable bonds is 4. The van der Waals surface area contributed by atoms with Crippen molar-refractivity contribution in [3.05, 3.63) is 131 Å². The lowest BCUT2D eigenvalue weighted by Crippen LogP contribution is -2.33. The lowest BCUT2D eigenvalue weighted by molar-refractivity contribution is 0.721. The first-order chi connectivity index (χ1) is 16.7. The van der Waals surface area contributed by atoms with Crippen molar-refractivity contribution >= 4 is 22.8 Å². The highest BCUT2D eigenvalue weighted by atomic mass is 15.2. The molecule has 2 nitrogen and oxygen atoms in total. The van der Waals surface area contributed by atoms with Gasteiger partial charge in [0.25, 0.3) is 0 Å². The molecule has 1 aliphatic rings. The largest absolute Gasteiger partial charge is 0.339 e. The van der Waals surface area contributed by atoms with E-state index in [0.29, 0.717) is 0 Å². The van der Waals surface area contributed by atoms with Crippen LogP contribution in [0.5, 0.6) is 0 Å². The molecule has 0 N–H and O–H groups in total. The molecule has 170 valence electrons. The Balaban J connectivity index is 1.84. The molecule has 0 spiro atoms. The van der Waals surface area contributed by atoms with Gasteiger partial charge in [-0.25, -0.2) is 0 Å². The molecule has 0 atom stereocenters. The molecular formula is C32H32N2. The predicted molar refractivity (Wildman–Crippen MR) is 146 cm³/mol. The van der Waals surface area contributed by atoms with Crippen molar-refractivity contribution in [2.24, 2.45) is 0 Å². The molecule has 0 saturated heterocycles. The molecule has 34 heavy (non-hydrogen) atoms. The lowest BCUT2D eigenvalue weighted by atomic mass is 9.98. The SMILES string of the molecule is Cc1ccc(C2=C(c3ccc(C)cc3)N(c3ccccc3)CCCCN2c2ccccc2)cc1. The average molecular weight is 445 g/mol. The Kier molecular flexibility index (Phi) is 6.49. The van der Waals surface area contributed by atoms with Crippen molar-refractivity contribution in [2.45, 2.75) is 26.7 Å². The zero-order chi connectivity index (χ0) is 23.3. The van der Waals surface area contributed by atoms with E-state index in [4.69, 9.17) is 0 Å². The zero-order valence-electron chi connectivity index (χ0n) is 20.1. The average Bonchev–Trinajstić information content (AvgIpc) is 2.87. The molecule has 0 unspecified atom stereocenters. The van der Waals surface area contributed by atoms with Crippen molar-refractivity contribution in [3.63, 3.8) is 0 Å². The third kappa shape index (κ3) is 4.63. The Morgan fingerprint density at radius 1 is 0.441 bits per heavy atom. The van der Waals surface area contributed by atoms with E-state index in [1.54, 1.807) is 0 Å². The Morgan fingerprint density at radius 2 is 0.794 bits per heavy atom. The van der Waals surface area contributed by atoms with Gasteiger partial charge in [0.2, 0.25) is 0 Å². The number of hydrogen-bond acceptors (Lipinski definition) is 2. The number of nitrogens with zero attached hydrogens (tertiary/aromatic N) is 2. The number of anilines is 2. The van der Waals surface area contributed by atoms with Crippen LogP contribution < -0.4 is 9.80 Å². The highest BCUT2D eigenvalue weighted by Crippen LogP contribution is 2.39. The van der Waals surface area contributed by atoms with E-state index >= 15 is 0 Å². The van der Waals surface area contributed by atoms with E-state index < -0.39 is 0 Å². The van der Waals surface area contributed by atoms with Crippen LogP contribution in [-0.4, -0.2) is 13.1 Å². The first-order valence-corrected chi connectivity index (χ1v) is 12.2. The Morgan fingerprint density at radius 3 is 1.15 bits per heavy atom. The third-order valence-corrected chi connectivity index (χ3v) is 6.56. The van der Waals surface area contributed by atoms with Gasteiger partial charge < -0.3 is 9.80 Å². The van der Waals surface area contributed by atoms with Gasteiger partial charge in [-0.1, -0.05) is 96.1 Å². The molecule has 5 rings (SSSR count). The van der Waals surface area contributed by atoms with E-state index in [1.807, 2.05) is 0 Å². The van der Waals surface area contributed by atoms with Gasteiger partial charge in [-0.15, -0.1) is 0 Å². The fraction of sp³-hybridized carbons (Fsp3) is 0.188. The minimum Gasteiger partial charge on any atom is -0.339 e. The predicted octanol–water partition coefficient (Wildman–Crippen LogP) is 7.94. The summed E-state index contributed by atoms with van der Waals surface area (Å²) in [5.41, 5.74) is 10.0. The van der Waals surface area contributed by atoms with E-state index in [0.717, 1.165) is 25.9 Å². The highest BCUT2D eigenvalue weighted by Gasteiger charge is 2.26. The van der Waals surface area contributed by atoms with Gasteiger partial charge in [0.05, 0.1) is 11.4 Å². The number of benzene rings is 4. The van der Waals surface area contributed by atoms with Crippen LogP contribution in [0.3, 0.4) is 0 Å². The summed E-state index contributed by atoms with van der Waals surface area (Å²) < 4.78 is 0. The maximum atomic E-state index is 2.52. The maximum Gasteiger partial charge on any atom is 0.0731 e. The van der Waals surface area contributed by atoms with Gasteiger partial charge in [0.15, 0.2) is 0 Å². The standard InChI is InChI=1S/C32H32N2/c1-25-15-19-27(20-16-25)31-32(28-21-17-26(2)18-22-28)34(30-13-7-4-8-14-30)24-10-9-23-33(31)29-11-5-3-6-12-29/h3-8,11-22H,9-10,23-24H2,1-2H3. The van der Waals surface area contributed by atoms with Gasteiger partial charge >= 0.3 is 0 Å². The first kappa shape index (κ1) is 22.0. The van der Waals surface area contributed by atoms with Gasteiger partial charge in [0.1, 0.15) is 0 Å².